The van der Waals surface area contributed by atoms with Crippen LogP contribution in [0.15, 0.2) is 22.7 Å². The van der Waals surface area contributed by atoms with E-state index in [1.165, 1.54) is 6.07 Å². The van der Waals surface area contributed by atoms with Crippen LogP contribution in [0.3, 0.4) is 0 Å². The number of alkyl halides is 1. The van der Waals surface area contributed by atoms with E-state index in [0.717, 1.165) is 35.7 Å². The van der Waals surface area contributed by atoms with Crippen LogP contribution in [0.2, 0.25) is 0 Å². The molecule has 0 amide bonds. The number of benzene rings is 1. The van der Waals surface area contributed by atoms with Crippen molar-refractivity contribution in [3.8, 4) is 0 Å². The molecule has 1 unspecified atom stereocenters. The summed E-state index contributed by atoms with van der Waals surface area (Å²) >= 11 is 6.96. The van der Waals surface area contributed by atoms with Crippen LogP contribution in [0.5, 0.6) is 0 Å². The van der Waals surface area contributed by atoms with E-state index in [9.17, 15) is 4.39 Å². The summed E-state index contributed by atoms with van der Waals surface area (Å²) in [6.07, 6.45) is 4.09. The molecule has 0 bridgehead atoms. The van der Waals surface area contributed by atoms with Crippen LogP contribution in [0.1, 0.15) is 31.7 Å². The van der Waals surface area contributed by atoms with Gasteiger partial charge in [-0.15, -0.1) is 0 Å². The molecule has 0 saturated carbocycles. The Balaban J connectivity index is 2.53. The van der Waals surface area contributed by atoms with Crippen molar-refractivity contribution in [2.75, 3.05) is 0 Å². The van der Waals surface area contributed by atoms with Crippen molar-refractivity contribution in [1.29, 1.82) is 0 Å². The molecule has 0 N–H and O–H groups in total. The van der Waals surface area contributed by atoms with Gasteiger partial charge in [-0.3, -0.25) is 0 Å². The van der Waals surface area contributed by atoms with Crippen molar-refractivity contribution in [2.45, 2.75) is 37.4 Å². The maximum absolute atomic E-state index is 13.4. The van der Waals surface area contributed by atoms with E-state index in [2.05, 4.69) is 38.8 Å². The number of aryl methyl sites for hydroxylation is 1. The molecule has 3 heteroatoms. The molecule has 0 aliphatic heterocycles. The molecule has 1 atom stereocenters. The molecule has 0 aliphatic carbocycles. The lowest BCUT2D eigenvalue weighted by Gasteiger charge is -2.08. The molecule has 0 spiro atoms. The summed E-state index contributed by atoms with van der Waals surface area (Å²) in [5.41, 5.74) is 0.796. The highest BCUT2D eigenvalue weighted by Gasteiger charge is 2.07. The molecule has 0 saturated heterocycles. The molecule has 0 radical (unpaired) electrons. The quantitative estimate of drug-likeness (QED) is 0.657. The highest BCUT2D eigenvalue weighted by atomic mass is 79.9. The Bertz CT molecular complexity index is 312. The Hall–Kier alpha value is 0.110. The molecule has 15 heavy (non-hydrogen) atoms. The Kier molecular flexibility index (Phi) is 5.83. The summed E-state index contributed by atoms with van der Waals surface area (Å²) in [4.78, 5) is 0.501. The van der Waals surface area contributed by atoms with E-state index in [1.807, 2.05) is 6.07 Å². The number of rotatable bonds is 5. The second-order valence-corrected chi connectivity index (χ2v) is 5.87. The zero-order valence-electron chi connectivity index (χ0n) is 8.77. The standard InChI is InChI=1S/C12H15Br2F/c1-2-3-10(13)5-4-9-8-11(14)6-7-12(9)15/h6-8,10H,2-5H2,1H3. The third-order valence-electron chi connectivity index (χ3n) is 2.34. The molecule has 0 heterocycles. The lowest BCUT2D eigenvalue weighted by molar-refractivity contribution is 0.598. The number of hydrogen-bond acceptors (Lipinski definition) is 0. The van der Waals surface area contributed by atoms with Gasteiger partial charge in [0.1, 0.15) is 5.82 Å². The van der Waals surface area contributed by atoms with Crippen LogP contribution < -0.4 is 0 Å². The van der Waals surface area contributed by atoms with E-state index in [1.54, 1.807) is 6.07 Å². The van der Waals surface area contributed by atoms with Crippen LogP contribution in [0.4, 0.5) is 4.39 Å². The minimum atomic E-state index is -0.102. The van der Waals surface area contributed by atoms with Crippen LogP contribution in [0, 0.1) is 5.82 Å². The largest absolute Gasteiger partial charge is 0.207 e. The third kappa shape index (κ3) is 4.64. The highest BCUT2D eigenvalue weighted by Crippen LogP contribution is 2.20. The average molecular weight is 338 g/mol. The summed E-state index contributed by atoms with van der Waals surface area (Å²) in [7, 11) is 0. The maximum atomic E-state index is 13.4. The van der Waals surface area contributed by atoms with Crippen molar-refractivity contribution in [3.05, 3.63) is 34.1 Å². The fourth-order valence-corrected chi connectivity index (χ4v) is 2.60. The Morgan fingerprint density at radius 2 is 2.07 bits per heavy atom. The van der Waals surface area contributed by atoms with Gasteiger partial charge >= 0.3 is 0 Å². The van der Waals surface area contributed by atoms with Gasteiger partial charge in [-0.25, -0.2) is 4.39 Å². The lowest BCUT2D eigenvalue weighted by atomic mass is 10.1. The van der Waals surface area contributed by atoms with Crippen LogP contribution in [-0.4, -0.2) is 4.83 Å². The summed E-state index contributed by atoms with van der Waals surface area (Å²) in [6.45, 7) is 2.16. The zero-order chi connectivity index (χ0) is 11.3. The van der Waals surface area contributed by atoms with E-state index < -0.39 is 0 Å². The van der Waals surface area contributed by atoms with Gasteiger partial charge in [-0.1, -0.05) is 45.2 Å². The molecular formula is C12H15Br2F. The van der Waals surface area contributed by atoms with Crippen molar-refractivity contribution >= 4 is 31.9 Å². The molecule has 0 fully saturated rings. The maximum Gasteiger partial charge on any atom is 0.126 e. The van der Waals surface area contributed by atoms with Crippen LogP contribution in [-0.2, 0) is 6.42 Å². The van der Waals surface area contributed by atoms with Crippen LogP contribution in [0.25, 0.3) is 0 Å². The van der Waals surface area contributed by atoms with Gasteiger partial charge < -0.3 is 0 Å². The van der Waals surface area contributed by atoms with E-state index in [0.29, 0.717) is 4.83 Å². The summed E-state index contributed by atoms with van der Waals surface area (Å²) in [5.74, 6) is -0.102. The first-order valence-electron chi connectivity index (χ1n) is 5.21. The minimum Gasteiger partial charge on any atom is -0.207 e. The first kappa shape index (κ1) is 13.2. The number of halogens is 3. The van der Waals surface area contributed by atoms with Gasteiger partial charge in [0.05, 0.1) is 0 Å². The third-order valence-corrected chi connectivity index (χ3v) is 3.75. The van der Waals surface area contributed by atoms with Gasteiger partial charge in [0.2, 0.25) is 0 Å². The predicted molar refractivity (Wildman–Crippen MR) is 70.0 cm³/mol. The van der Waals surface area contributed by atoms with Crippen molar-refractivity contribution in [3.63, 3.8) is 0 Å². The van der Waals surface area contributed by atoms with Gasteiger partial charge in [0.25, 0.3) is 0 Å². The lowest BCUT2D eigenvalue weighted by Crippen LogP contribution is -2.01. The van der Waals surface area contributed by atoms with Crippen molar-refractivity contribution in [2.24, 2.45) is 0 Å². The summed E-state index contributed by atoms with van der Waals surface area (Å²) in [6, 6.07) is 5.11. The summed E-state index contributed by atoms with van der Waals surface area (Å²) in [5, 5.41) is 0. The van der Waals surface area contributed by atoms with Gasteiger partial charge in [0, 0.05) is 9.30 Å². The van der Waals surface area contributed by atoms with Crippen LogP contribution >= 0.6 is 31.9 Å². The Morgan fingerprint density at radius 1 is 1.33 bits per heavy atom. The van der Waals surface area contributed by atoms with Crippen molar-refractivity contribution in [1.82, 2.24) is 0 Å². The summed E-state index contributed by atoms with van der Waals surface area (Å²) < 4.78 is 14.3. The predicted octanol–water partition coefficient (Wildman–Crippen LogP) is 5.08. The molecule has 84 valence electrons. The Morgan fingerprint density at radius 3 is 2.73 bits per heavy atom. The molecule has 0 aromatic heterocycles. The molecule has 1 aromatic carbocycles. The van der Waals surface area contributed by atoms with E-state index in [-0.39, 0.29) is 5.82 Å². The highest BCUT2D eigenvalue weighted by molar-refractivity contribution is 9.10. The first-order chi connectivity index (χ1) is 7.13. The van der Waals surface area contributed by atoms with E-state index in [4.69, 9.17) is 0 Å². The zero-order valence-corrected chi connectivity index (χ0v) is 11.9. The first-order valence-corrected chi connectivity index (χ1v) is 6.92. The monoisotopic (exact) mass is 336 g/mol. The second-order valence-electron chi connectivity index (χ2n) is 3.66. The van der Waals surface area contributed by atoms with Crippen molar-refractivity contribution < 1.29 is 4.39 Å². The smallest absolute Gasteiger partial charge is 0.126 e. The van der Waals surface area contributed by atoms with Gasteiger partial charge in [-0.2, -0.15) is 0 Å². The SMILES string of the molecule is CCCC(Br)CCc1cc(Br)ccc1F. The molecule has 1 rings (SSSR count). The normalized spacial score (nSPS) is 12.8. The average Bonchev–Trinajstić information content (AvgIpc) is 2.20. The number of hydrogen-bond donors (Lipinski definition) is 0. The van der Waals surface area contributed by atoms with Gasteiger partial charge in [0.15, 0.2) is 0 Å². The Labute approximate surface area is 108 Å². The molecular weight excluding hydrogens is 323 g/mol. The fourth-order valence-electron chi connectivity index (χ4n) is 1.50. The molecule has 0 aliphatic rings. The second kappa shape index (κ2) is 6.64. The topological polar surface area (TPSA) is 0 Å². The molecule has 0 nitrogen and oxygen atoms in total. The van der Waals surface area contributed by atoms with E-state index >= 15 is 0 Å². The fraction of sp³-hybridized carbons (Fsp3) is 0.500. The molecule has 1 aromatic rings. The minimum absolute atomic E-state index is 0.102. The van der Waals surface area contributed by atoms with Gasteiger partial charge in [-0.05, 0) is 43.0 Å².